The van der Waals surface area contributed by atoms with E-state index in [4.69, 9.17) is 5.84 Å². The molecule has 5 nitrogen and oxygen atoms in total. The minimum absolute atomic E-state index is 0. The fourth-order valence-corrected chi connectivity index (χ4v) is 1.83. The van der Waals surface area contributed by atoms with Crippen LogP contribution in [0.2, 0.25) is 0 Å². The molecule has 0 bridgehead atoms. The maximum Gasteiger partial charge on any atom is 0.183 e. The highest BCUT2D eigenvalue weighted by molar-refractivity contribution is 5.85. The molecule has 2 heterocycles. The predicted octanol–water partition coefficient (Wildman–Crippen LogP) is 1.50. The molecule has 92 valence electrons. The monoisotopic (exact) mass is 261 g/mol. The summed E-state index contributed by atoms with van der Waals surface area (Å²) in [5.74, 6) is 6.52. The Hall–Kier alpha value is -2.14. The van der Waals surface area contributed by atoms with Gasteiger partial charge in [-0.3, -0.25) is 4.68 Å². The van der Waals surface area contributed by atoms with Crippen molar-refractivity contribution in [2.45, 2.75) is 6.42 Å². The molecule has 2 aliphatic rings. The third-order valence-electron chi connectivity index (χ3n) is 2.68. The number of nitrogen functional groups attached to an aromatic ring is 1. The summed E-state index contributed by atoms with van der Waals surface area (Å²) in [7, 11) is 0. The minimum Gasteiger partial charge on any atom is -0.338 e. The summed E-state index contributed by atoms with van der Waals surface area (Å²) in [6.07, 6.45) is 3.79. The lowest BCUT2D eigenvalue weighted by molar-refractivity contribution is 0.845. The SMILES string of the molecule is Cl.Nn1cnc2ncnc-2c1Cc1ccccc1. The Bertz CT molecular complexity index is 607. The predicted molar refractivity (Wildman–Crippen MR) is 71.1 cm³/mol. The summed E-state index contributed by atoms with van der Waals surface area (Å²) in [5.41, 5.74) is 2.86. The Labute approximate surface area is 110 Å². The second-order valence-electron chi connectivity index (χ2n) is 3.81. The van der Waals surface area contributed by atoms with Gasteiger partial charge in [0.1, 0.15) is 18.3 Å². The molecule has 0 spiro atoms. The van der Waals surface area contributed by atoms with Crippen LogP contribution in [-0.2, 0) is 6.42 Å². The van der Waals surface area contributed by atoms with Crippen molar-refractivity contribution in [1.82, 2.24) is 19.6 Å². The van der Waals surface area contributed by atoms with E-state index < -0.39 is 0 Å². The Morgan fingerprint density at radius 2 is 1.83 bits per heavy atom. The molecule has 0 aliphatic carbocycles. The Kier molecular flexibility index (Phi) is 3.43. The standard InChI is InChI=1S/C12H11N5.ClH/c13-17-8-16-12-11(14-7-15-12)10(17)6-9-4-2-1-3-5-9;/h1-5,7-8H,6,13H2;1H. The number of benzene rings is 1. The van der Waals surface area contributed by atoms with E-state index in [2.05, 4.69) is 27.1 Å². The van der Waals surface area contributed by atoms with Crippen LogP contribution in [0.15, 0.2) is 43.0 Å². The zero-order valence-corrected chi connectivity index (χ0v) is 10.3. The number of hydrogen-bond donors (Lipinski definition) is 1. The maximum atomic E-state index is 5.88. The molecule has 0 saturated heterocycles. The number of rotatable bonds is 2. The van der Waals surface area contributed by atoms with Crippen LogP contribution in [0.25, 0.3) is 11.5 Å². The van der Waals surface area contributed by atoms with E-state index >= 15 is 0 Å². The maximum absolute atomic E-state index is 5.88. The molecule has 0 fully saturated rings. The lowest BCUT2D eigenvalue weighted by Crippen LogP contribution is -2.17. The van der Waals surface area contributed by atoms with Crippen LogP contribution in [0.5, 0.6) is 0 Å². The second kappa shape index (κ2) is 5.01. The summed E-state index contributed by atoms with van der Waals surface area (Å²) in [4.78, 5) is 12.4. The van der Waals surface area contributed by atoms with Crippen molar-refractivity contribution in [2.24, 2.45) is 0 Å². The van der Waals surface area contributed by atoms with Crippen molar-refractivity contribution in [2.75, 3.05) is 5.84 Å². The molecule has 2 aliphatic heterocycles. The topological polar surface area (TPSA) is 69.6 Å². The number of imidazole rings is 1. The number of nitrogens with zero attached hydrogens (tertiary/aromatic N) is 4. The number of fused-ring (bicyclic) bond motifs is 1. The van der Waals surface area contributed by atoms with E-state index in [-0.39, 0.29) is 12.4 Å². The number of nitrogens with two attached hydrogens (primary N) is 1. The molecule has 0 atom stereocenters. The van der Waals surface area contributed by atoms with Crippen molar-refractivity contribution in [3.8, 4) is 11.5 Å². The molecule has 0 amide bonds. The summed E-state index contributed by atoms with van der Waals surface area (Å²) in [5, 5.41) is 0. The van der Waals surface area contributed by atoms with Crippen molar-refractivity contribution in [3.05, 3.63) is 54.2 Å². The Morgan fingerprint density at radius 3 is 2.61 bits per heavy atom. The van der Waals surface area contributed by atoms with E-state index in [0.717, 1.165) is 17.8 Å². The zero-order chi connectivity index (χ0) is 11.7. The second-order valence-corrected chi connectivity index (χ2v) is 3.81. The fourth-order valence-electron chi connectivity index (χ4n) is 1.83. The fraction of sp³-hybridized carbons (Fsp3) is 0.0833. The zero-order valence-electron chi connectivity index (χ0n) is 9.52. The first-order valence-corrected chi connectivity index (χ1v) is 5.30. The number of aromatic nitrogens is 4. The smallest absolute Gasteiger partial charge is 0.183 e. The summed E-state index contributed by atoms with van der Waals surface area (Å²) in [6, 6.07) is 10.1. The Morgan fingerprint density at radius 1 is 1.06 bits per heavy atom. The van der Waals surface area contributed by atoms with Gasteiger partial charge < -0.3 is 5.84 Å². The van der Waals surface area contributed by atoms with E-state index in [1.54, 1.807) is 6.33 Å². The van der Waals surface area contributed by atoms with Crippen molar-refractivity contribution >= 4 is 12.4 Å². The van der Waals surface area contributed by atoms with E-state index in [1.165, 1.54) is 16.6 Å². The number of halogens is 1. The highest BCUT2D eigenvalue weighted by Gasteiger charge is 2.15. The summed E-state index contributed by atoms with van der Waals surface area (Å²) < 4.78 is 1.50. The van der Waals surface area contributed by atoms with E-state index in [0.29, 0.717) is 5.82 Å². The molecule has 0 unspecified atom stereocenters. The molecule has 6 heteroatoms. The third-order valence-corrected chi connectivity index (χ3v) is 2.68. The molecule has 1 aromatic rings. The minimum atomic E-state index is 0. The highest BCUT2D eigenvalue weighted by Crippen LogP contribution is 2.20. The lowest BCUT2D eigenvalue weighted by Gasteiger charge is -2.10. The van der Waals surface area contributed by atoms with Crippen LogP contribution in [0.3, 0.4) is 0 Å². The van der Waals surface area contributed by atoms with Gasteiger partial charge in [-0.25, -0.2) is 15.0 Å². The summed E-state index contributed by atoms with van der Waals surface area (Å²) >= 11 is 0. The van der Waals surface area contributed by atoms with Crippen LogP contribution in [-0.4, -0.2) is 19.6 Å². The lowest BCUT2D eigenvalue weighted by atomic mass is 10.1. The van der Waals surface area contributed by atoms with Gasteiger partial charge in [0.25, 0.3) is 0 Å². The normalized spacial score (nSPS) is 10.2. The molecule has 0 saturated carbocycles. The average molecular weight is 262 g/mol. The van der Waals surface area contributed by atoms with Gasteiger partial charge in [0.2, 0.25) is 0 Å². The van der Waals surface area contributed by atoms with Gasteiger partial charge in [-0.15, -0.1) is 12.4 Å². The van der Waals surface area contributed by atoms with E-state index in [9.17, 15) is 0 Å². The largest absolute Gasteiger partial charge is 0.338 e. The van der Waals surface area contributed by atoms with Crippen LogP contribution < -0.4 is 5.84 Å². The van der Waals surface area contributed by atoms with Gasteiger partial charge in [-0.2, -0.15) is 0 Å². The first kappa shape index (κ1) is 12.3. The van der Waals surface area contributed by atoms with E-state index in [1.807, 2.05) is 18.2 Å². The molecule has 18 heavy (non-hydrogen) atoms. The first-order valence-electron chi connectivity index (χ1n) is 5.30. The molecule has 3 rings (SSSR count). The van der Waals surface area contributed by atoms with Crippen LogP contribution in [0.4, 0.5) is 0 Å². The molecular formula is C12H12ClN5. The van der Waals surface area contributed by atoms with Gasteiger partial charge in [0, 0.05) is 6.42 Å². The van der Waals surface area contributed by atoms with Gasteiger partial charge in [-0.05, 0) is 5.56 Å². The molecule has 1 aromatic carbocycles. The average Bonchev–Trinajstić information content (AvgIpc) is 2.83. The van der Waals surface area contributed by atoms with Crippen molar-refractivity contribution in [1.29, 1.82) is 0 Å². The quantitative estimate of drug-likeness (QED) is 0.710. The van der Waals surface area contributed by atoms with Crippen molar-refractivity contribution < 1.29 is 0 Å². The Balaban J connectivity index is 0.00000120. The number of hydrogen-bond acceptors (Lipinski definition) is 4. The van der Waals surface area contributed by atoms with Crippen LogP contribution in [0, 0.1) is 0 Å². The summed E-state index contributed by atoms with van der Waals surface area (Å²) in [6.45, 7) is 0. The van der Waals surface area contributed by atoms with Crippen LogP contribution >= 0.6 is 12.4 Å². The molecule has 0 aromatic heterocycles. The molecular weight excluding hydrogens is 250 g/mol. The van der Waals surface area contributed by atoms with Crippen molar-refractivity contribution in [3.63, 3.8) is 0 Å². The third kappa shape index (κ3) is 2.12. The van der Waals surface area contributed by atoms with Crippen LogP contribution in [0.1, 0.15) is 11.3 Å². The van der Waals surface area contributed by atoms with Gasteiger partial charge in [-0.1, -0.05) is 30.3 Å². The highest BCUT2D eigenvalue weighted by atomic mass is 35.5. The van der Waals surface area contributed by atoms with Gasteiger partial charge >= 0.3 is 0 Å². The molecule has 2 N–H and O–H groups in total. The van der Waals surface area contributed by atoms with Gasteiger partial charge in [0.05, 0.1) is 5.69 Å². The molecule has 0 radical (unpaired) electrons. The first-order chi connectivity index (χ1) is 8.34. The van der Waals surface area contributed by atoms with Gasteiger partial charge in [0.15, 0.2) is 5.82 Å².